The number of aliphatic carboxylic acids is 1. The van der Waals surface area contributed by atoms with Crippen molar-refractivity contribution in [2.45, 2.75) is 51.2 Å². The van der Waals surface area contributed by atoms with E-state index in [0.717, 1.165) is 23.4 Å². The summed E-state index contributed by atoms with van der Waals surface area (Å²) in [6, 6.07) is 8.81. The molecule has 2 heterocycles. The molecule has 0 saturated heterocycles. The number of halogens is 2. The monoisotopic (exact) mass is 459 g/mol. The van der Waals surface area contributed by atoms with Gasteiger partial charge in [0.05, 0.1) is 23.8 Å². The maximum atomic E-state index is 14.2. The third-order valence-corrected chi connectivity index (χ3v) is 6.22. The number of aromatic nitrogens is 1. The van der Waals surface area contributed by atoms with Crippen molar-refractivity contribution in [1.82, 2.24) is 4.57 Å². The highest BCUT2D eigenvalue weighted by Gasteiger charge is 2.47. The van der Waals surface area contributed by atoms with Crippen LogP contribution in [0.4, 0.5) is 8.78 Å². The molecule has 176 valence electrons. The molecule has 0 radical (unpaired) electrons. The van der Waals surface area contributed by atoms with Crippen molar-refractivity contribution in [1.29, 1.82) is 0 Å². The zero-order valence-electron chi connectivity index (χ0n) is 19.0. The molecule has 33 heavy (non-hydrogen) atoms. The predicted octanol–water partition coefficient (Wildman–Crippen LogP) is 5.02. The van der Waals surface area contributed by atoms with Crippen molar-refractivity contribution in [2.24, 2.45) is 0 Å². The van der Waals surface area contributed by atoms with Crippen molar-refractivity contribution in [3.63, 3.8) is 0 Å². The quantitative estimate of drug-likeness (QED) is 0.541. The number of carboxylic acids is 1. The maximum absolute atomic E-state index is 14.2. The lowest BCUT2D eigenvalue weighted by Gasteiger charge is -2.43. The molecule has 0 bridgehead atoms. The minimum atomic E-state index is -1.06. The summed E-state index contributed by atoms with van der Waals surface area (Å²) in [6.45, 7) is 7.51. The van der Waals surface area contributed by atoms with E-state index in [0.29, 0.717) is 29.6 Å². The standard InChI is InChI=1S/C25H27F2NO5/c1-14(32-12-20(30)31)11-25(4)22-21-18(6-5-7-19(21)29)28(23(22)24(2,3)13-33-25)15-8-9-16(26)17(27)10-15/h5-10,14,29H,11-13H2,1-4H3,(H,30,31)/t14-,25+/m0/s1. The van der Waals surface area contributed by atoms with E-state index in [1.807, 2.05) is 31.4 Å². The van der Waals surface area contributed by atoms with E-state index < -0.39 is 41.3 Å². The lowest BCUT2D eigenvalue weighted by molar-refractivity contribution is -0.147. The van der Waals surface area contributed by atoms with Gasteiger partial charge in [-0.3, -0.25) is 0 Å². The molecule has 4 rings (SSSR count). The fourth-order valence-corrected chi connectivity index (χ4v) is 4.83. The Labute approximate surface area is 190 Å². The number of benzene rings is 2. The Morgan fingerprint density at radius 1 is 1.21 bits per heavy atom. The molecule has 2 aromatic carbocycles. The largest absolute Gasteiger partial charge is 0.507 e. The molecule has 0 spiro atoms. The van der Waals surface area contributed by atoms with E-state index in [9.17, 15) is 18.7 Å². The number of nitrogens with zero attached hydrogens (tertiary/aromatic N) is 1. The van der Waals surface area contributed by atoms with Crippen LogP contribution in [-0.2, 0) is 25.3 Å². The van der Waals surface area contributed by atoms with Crippen LogP contribution in [0, 0.1) is 11.6 Å². The van der Waals surface area contributed by atoms with Crippen LogP contribution in [0.15, 0.2) is 36.4 Å². The summed E-state index contributed by atoms with van der Waals surface area (Å²) in [5.74, 6) is -2.93. The zero-order chi connectivity index (χ0) is 24.1. The summed E-state index contributed by atoms with van der Waals surface area (Å²) in [7, 11) is 0. The van der Waals surface area contributed by atoms with Crippen molar-refractivity contribution in [2.75, 3.05) is 13.2 Å². The average molecular weight is 459 g/mol. The number of hydrogen-bond donors (Lipinski definition) is 2. The van der Waals surface area contributed by atoms with E-state index in [4.69, 9.17) is 14.6 Å². The Hall–Kier alpha value is -2.97. The van der Waals surface area contributed by atoms with Crippen LogP contribution in [-0.4, -0.2) is 40.1 Å². The molecule has 1 aromatic heterocycles. The van der Waals surface area contributed by atoms with Crippen LogP contribution < -0.4 is 0 Å². The van der Waals surface area contributed by atoms with Gasteiger partial charge >= 0.3 is 5.97 Å². The first-order valence-electron chi connectivity index (χ1n) is 10.7. The number of ether oxygens (including phenoxy) is 2. The molecule has 8 heteroatoms. The van der Waals surface area contributed by atoms with Gasteiger partial charge in [0.1, 0.15) is 12.4 Å². The fraction of sp³-hybridized carbons (Fsp3) is 0.400. The van der Waals surface area contributed by atoms with E-state index >= 15 is 0 Å². The highest BCUT2D eigenvalue weighted by Crippen LogP contribution is 2.51. The predicted molar refractivity (Wildman–Crippen MR) is 119 cm³/mol. The first-order chi connectivity index (χ1) is 15.4. The summed E-state index contributed by atoms with van der Waals surface area (Å²) < 4.78 is 41.6. The Morgan fingerprint density at radius 2 is 1.94 bits per heavy atom. The molecule has 1 aliphatic rings. The highest BCUT2D eigenvalue weighted by molar-refractivity contribution is 5.94. The lowest BCUT2D eigenvalue weighted by Crippen LogP contribution is -2.44. The van der Waals surface area contributed by atoms with Crippen LogP contribution >= 0.6 is 0 Å². The topological polar surface area (TPSA) is 80.9 Å². The molecule has 0 aliphatic carbocycles. The Kier molecular flexibility index (Phi) is 5.70. The van der Waals surface area contributed by atoms with Gasteiger partial charge in [-0.25, -0.2) is 13.6 Å². The minimum absolute atomic E-state index is 0.0386. The summed E-state index contributed by atoms with van der Waals surface area (Å²) in [4.78, 5) is 10.9. The van der Waals surface area contributed by atoms with E-state index in [-0.39, 0.29) is 5.75 Å². The van der Waals surface area contributed by atoms with Crippen molar-refractivity contribution < 1.29 is 33.3 Å². The number of fused-ring (bicyclic) bond motifs is 3. The van der Waals surface area contributed by atoms with Gasteiger partial charge in [0.2, 0.25) is 0 Å². The molecular formula is C25H27F2NO5. The molecule has 3 aromatic rings. The molecule has 1 aliphatic heterocycles. The summed E-state index contributed by atoms with van der Waals surface area (Å²) in [6.07, 6.45) is -0.123. The van der Waals surface area contributed by atoms with E-state index in [1.54, 1.807) is 19.1 Å². The normalized spacial score (nSPS) is 20.5. The molecule has 2 N–H and O–H groups in total. The third-order valence-electron chi connectivity index (χ3n) is 6.22. The summed E-state index contributed by atoms with van der Waals surface area (Å²) >= 11 is 0. The molecule has 2 atom stereocenters. The minimum Gasteiger partial charge on any atom is -0.507 e. The van der Waals surface area contributed by atoms with Crippen LogP contribution in [0.5, 0.6) is 5.75 Å². The first-order valence-corrected chi connectivity index (χ1v) is 10.7. The number of carbonyl (C=O) groups is 1. The smallest absolute Gasteiger partial charge is 0.329 e. The number of phenolic OH excluding ortho intramolecular Hbond substituents is 1. The second-order valence-corrected chi connectivity index (χ2v) is 9.45. The number of phenols is 1. The molecule has 6 nitrogen and oxygen atoms in total. The van der Waals surface area contributed by atoms with Gasteiger partial charge in [0.15, 0.2) is 11.6 Å². The Morgan fingerprint density at radius 3 is 2.61 bits per heavy atom. The highest BCUT2D eigenvalue weighted by atomic mass is 19.2. The van der Waals surface area contributed by atoms with Crippen LogP contribution in [0.25, 0.3) is 16.6 Å². The molecule has 0 saturated carbocycles. The second-order valence-electron chi connectivity index (χ2n) is 9.45. The molecular weight excluding hydrogens is 432 g/mol. The summed E-state index contributed by atoms with van der Waals surface area (Å²) in [5, 5.41) is 20.4. The molecule has 0 unspecified atom stereocenters. The molecule has 0 fully saturated rings. The third kappa shape index (κ3) is 3.98. The Balaban J connectivity index is 1.98. The van der Waals surface area contributed by atoms with Gasteiger partial charge in [-0.05, 0) is 38.1 Å². The first kappa shape index (κ1) is 23.2. The Bertz CT molecular complexity index is 1240. The van der Waals surface area contributed by atoms with Gasteiger partial charge in [-0.15, -0.1) is 0 Å². The van der Waals surface area contributed by atoms with Crippen LogP contribution in [0.1, 0.15) is 45.4 Å². The van der Waals surface area contributed by atoms with E-state index in [2.05, 4.69) is 0 Å². The number of aromatic hydroxyl groups is 1. The molecule has 0 amide bonds. The van der Waals surface area contributed by atoms with E-state index in [1.165, 1.54) is 6.07 Å². The van der Waals surface area contributed by atoms with Crippen LogP contribution in [0.2, 0.25) is 0 Å². The number of carboxylic acid groups (broad SMARTS) is 1. The SMILES string of the molecule is C[C@@H](C[C@@]1(C)OCC(C)(C)c2c1c1c(O)cccc1n2-c1ccc(F)c(F)c1)OCC(=O)O. The maximum Gasteiger partial charge on any atom is 0.329 e. The number of hydrogen-bond acceptors (Lipinski definition) is 4. The van der Waals surface area contributed by atoms with Gasteiger partial charge in [0, 0.05) is 40.2 Å². The van der Waals surface area contributed by atoms with Gasteiger partial charge in [-0.2, -0.15) is 0 Å². The zero-order valence-corrected chi connectivity index (χ0v) is 19.0. The number of rotatable bonds is 6. The van der Waals surface area contributed by atoms with Gasteiger partial charge in [0.25, 0.3) is 0 Å². The van der Waals surface area contributed by atoms with Crippen molar-refractivity contribution in [3.05, 3.63) is 59.3 Å². The van der Waals surface area contributed by atoms with Crippen molar-refractivity contribution in [3.8, 4) is 11.4 Å². The van der Waals surface area contributed by atoms with Gasteiger partial charge < -0.3 is 24.3 Å². The summed E-state index contributed by atoms with van der Waals surface area (Å²) in [5.41, 5.74) is 1.14. The van der Waals surface area contributed by atoms with Gasteiger partial charge in [-0.1, -0.05) is 19.9 Å². The van der Waals surface area contributed by atoms with Crippen LogP contribution in [0.3, 0.4) is 0 Å². The fourth-order valence-electron chi connectivity index (χ4n) is 4.83. The lowest BCUT2D eigenvalue weighted by atomic mass is 9.76. The van der Waals surface area contributed by atoms with Crippen molar-refractivity contribution >= 4 is 16.9 Å². The average Bonchev–Trinajstić information content (AvgIpc) is 3.11. The second kappa shape index (κ2) is 8.11.